The second-order valence-electron chi connectivity index (χ2n) is 5.48. The maximum atomic E-state index is 11.2. The molecule has 3 nitrogen and oxygen atoms in total. The molecule has 1 saturated carbocycles. The Bertz CT molecular complexity index is 432. The van der Waals surface area contributed by atoms with Gasteiger partial charge in [0.2, 0.25) is 0 Å². The van der Waals surface area contributed by atoms with Crippen LogP contribution in [0, 0.1) is 0 Å². The average molecular weight is 262 g/mol. The number of rotatable bonds is 4. The number of carboxylic acids is 1. The fourth-order valence-corrected chi connectivity index (χ4v) is 2.95. The summed E-state index contributed by atoms with van der Waals surface area (Å²) in [6, 6.07) is 7.49. The second kappa shape index (κ2) is 5.74. The predicted octanol–water partition coefficient (Wildman–Crippen LogP) is 3.42. The van der Waals surface area contributed by atoms with Crippen LogP contribution < -0.4 is 0 Å². The highest BCUT2D eigenvalue weighted by atomic mass is 16.4. The molecule has 104 valence electrons. The van der Waals surface area contributed by atoms with Gasteiger partial charge in [-0.3, -0.25) is 0 Å². The van der Waals surface area contributed by atoms with Crippen molar-refractivity contribution in [2.45, 2.75) is 57.0 Å². The van der Waals surface area contributed by atoms with Gasteiger partial charge in [0.05, 0.1) is 0 Å². The summed E-state index contributed by atoms with van der Waals surface area (Å²) in [5.41, 5.74) is -0.0141. The Morgan fingerprint density at radius 3 is 2.26 bits per heavy atom. The van der Waals surface area contributed by atoms with Crippen molar-refractivity contribution in [3.63, 3.8) is 0 Å². The summed E-state index contributed by atoms with van der Waals surface area (Å²) in [6.45, 7) is 1.68. The first-order valence-corrected chi connectivity index (χ1v) is 7.14. The molecule has 1 aliphatic carbocycles. The average Bonchev–Trinajstić information content (AvgIpc) is 2.47. The molecule has 0 aromatic heterocycles. The predicted molar refractivity (Wildman–Crippen MR) is 74.1 cm³/mol. The molecule has 2 rings (SSSR count). The van der Waals surface area contributed by atoms with Crippen molar-refractivity contribution in [2.75, 3.05) is 0 Å². The Morgan fingerprint density at radius 1 is 1.21 bits per heavy atom. The highest BCUT2D eigenvalue weighted by Gasteiger charge is 2.35. The van der Waals surface area contributed by atoms with E-state index >= 15 is 0 Å². The van der Waals surface area contributed by atoms with Crippen molar-refractivity contribution in [3.8, 4) is 0 Å². The van der Waals surface area contributed by atoms with E-state index in [1.165, 1.54) is 37.7 Å². The molecule has 1 unspecified atom stereocenters. The monoisotopic (exact) mass is 262 g/mol. The van der Waals surface area contributed by atoms with Crippen LogP contribution in [0.1, 0.15) is 62.5 Å². The van der Waals surface area contributed by atoms with Crippen LogP contribution in [-0.4, -0.2) is 16.2 Å². The van der Waals surface area contributed by atoms with E-state index in [-0.39, 0.29) is 6.42 Å². The van der Waals surface area contributed by atoms with E-state index in [1.807, 2.05) is 12.1 Å². The Morgan fingerprint density at radius 2 is 1.79 bits per heavy atom. The highest BCUT2D eigenvalue weighted by molar-refractivity contribution is 5.79. The smallest absolute Gasteiger partial charge is 0.340 e. The van der Waals surface area contributed by atoms with E-state index in [9.17, 15) is 9.90 Å². The van der Waals surface area contributed by atoms with Gasteiger partial charge in [0.15, 0.2) is 5.60 Å². The molecule has 1 fully saturated rings. The Balaban J connectivity index is 2.20. The van der Waals surface area contributed by atoms with Gasteiger partial charge in [-0.1, -0.05) is 50.5 Å². The van der Waals surface area contributed by atoms with Crippen LogP contribution >= 0.6 is 0 Å². The first-order valence-electron chi connectivity index (χ1n) is 7.14. The molecule has 0 aliphatic heterocycles. The Labute approximate surface area is 114 Å². The summed E-state index contributed by atoms with van der Waals surface area (Å²) in [4.78, 5) is 11.2. The van der Waals surface area contributed by atoms with Gasteiger partial charge in [0.1, 0.15) is 0 Å². The lowest BCUT2D eigenvalue weighted by Gasteiger charge is -2.25. The molecule has 0 amide bonds. The van der Waals surface area contributed by atoms with Crippen molar-refractivity contribution < 1.29 is 15.0 Å². The molecule has 1 aromatic carbocycles. The van der Waals surface area contributed by atoms with Crippen LogP contribution in [0.2, 0.25) is 0 Å². The SMILES string of the molecule is CCC(O)(C(=O)O)c1ccc(C2CCCCC2)cc1. The molecule has 0 spiro atoms. The molecule has 3 heteroatoms. The highest BCUT2D eigenvalue weighted by Crippen LogP contribution is 2.34. The lowest BCUT2D eigenvalue weighted by atomic mass is 9.82. The molecular formula is C16H22O3. The van der Waals surface area contributed by atoms with Crippen LogP contribution in [0.3, 0.4) is 0 Å². The number of carbonyl (C=O) groups is 1. The van der Waals surface area contributed by atoms with Gasteiger partial charge in [-0.05, 0) is 36.3 Å². The number of aliphatic hydroxyl groups is 1. The van der Waals surface area contributed by atoms with Crippen molar-refractivity contribution in [1.82, 2.24) is 0 Å². The molecular weight excluding hydrogens is 240 g/mol. The molecule has 1 aromatic rings. The Hall–Kier alpha value is -1.35. The lowest BCUT2D eigenvalue weighted by Crippen LogP contribution is -2.34. The largest absolute Gasteiger partial charge is 0.479 e. The fourth-order valence-electron chi connectivity index (χ4n) is 2.95. The van der Waals surface area contributed by atoms with Crippen molar-refractivity contribution in [2.24, 2.45) is 0 Å². The summed E-state index contributed by atoms with van der Waals surface area (Å²) in [7, 11) is 0. The maximum Gasteiger partial charge on any atom is 0.340 e. The van der Waals surface area contributed by atoms with Crippen molar-refractivity contribution in [1.29, 1.82) is 0 Å². The standard InChI is InChI=1S/C16H22O3/c1-2-16(19,15(17)18)14-10-8-13(9-11-14)12-6-4-3-5-7-12/h8-12,19H,2-7H2,1H3,(H,17,18). The maximum absolute atomic E-state index is 11.2. The zero-order valence-electron chi connectivity index (χ0n) is 11.4. The van der Waals surface area contributed by atoms with Gasteiger partial charge >= 0.3 is 5.97 Å². The van der Waals surface area contributed by atoms with Gasteiger partial charge in [-0.25, -0.2) is 4.79 Å². The molecule has 19 heavy (non-hydrogen) atoms. The summed E-state index contributed by atoms with van der Waals surface area (Å²) in [6.07, 6.45) is 6.49. The molecule has 0 bridgehead atoms. The van der Waals surface area contributed by atoms with Crippen molar-refractivity contribution in [3.05, 3.63) is 35.4 Å². The summed E-state index contributed by atoms with van der Waals surface area (Å²) in [5.74, 6) is -0.581. The number of benzene rings is 1. The first kappa shape index (κ1) is 14.1. The summed E-state index contributed by atoms with van der Waals surface area (Å²) >= 11 is 0. The topological polar surface area (TPSA) is 57.5 Å². The number of hydrogen-bond donors (Lipinski definition) is 2. The minimum Gasteiger partial charge on any atom is -0.479 e. The van der Waals surface area contributed by atoms with Gasteiger partial charge < -0.3 is 10.2 Å². The number of carboxylic acid groups (broad SMARTS) is 1. The van der Waals surface area contributed by atoms with Gasteiger partial charge in [-0.2, -0.15) is 0 Å². The van der Waals surface area contributed by atoms with Crippen molar-refractivity contribution >= 4 is 5.97 Å². The van der Waals surface area contributed by atoms with Gasteiger partial charge in [0.25, 0.3) is 0 Å². The molecule has 0 radical (unpaired) electrons. The third-order valence-electron chi connectivity index (χ3n) is 4.33. The van der Waals surface area contributed by atoms with Crippen LogP contribution in [0.25, 0.3) is 0 Å². The van der Waals surface area contributed by atoms with E-state index in [4.69, 9.17) is 5.11 Å². The van der Waals surface area contributed by atoms with E-state index in [0.717, 1.165) is 0 Å². The fraction of sp³-hybridized carbons (Fsp3) is 0.562. The van der Waals surface area contributed by atoms with E-state index < -0.39 is 11.6 Å². The van der Waals surface area contributed by atoms with E-state index in [1.54, 1.807) is 19.1 Å². The molecule has 1 atom stereocenters. The lowest BCUT2D eigenvalue weighted by molar-refractivity contribution is -0.160. The Kier molecular flexibility index (Phi) is 4.25. The molecule has 0 heterocycles. The van der Waals surface area contributed by atoms with Crippen LogP contribution in [-0.2, 0) is 10.4 Å². The minimum atomic E-state index is -1.76. The normalized spacial score (nSPS) is 19.9. The number of aliphatic carboxylic acids is 1. The summed E-state index contributed by atoms with van der Waals surface area (Å²) in [5, 5.41) is 19.3. The first-order chi connectivity index (χ1) is 9.08. The third-order valence-corrected chi connectivity index (χ3v) is 4.33. The van der Waals surface area contributed by atoms with Crippen LogP contribution in [0.15, 0.2) is 24.3 Å². The van der Waals surface area contributed by atoms with Gasteiger partial charge in [-0.15, -0.1) is 0 Å². The van der Waals surface area contributed by atoms with E-state index in [2.05, 4.69) is 0 Å². The minimum absolute atomic E-state index is 0.172. The zero-order chi connectivity index (χ0) is 13.9. The van der Waals surface area contributed by atoms with Gasteiger partial charge in [0, 0.05) is 0 Å². The van der Waals surface area contributed by atoms with E-state index in [0.29, 0.717) is 11.5 Å². The number of hydrogen-bond acceptors (Lipinski definition) is 2. The summed E-state index contributed by atoms with van der Waals surface area (Å²) < 4.78 is 0. The molecule has 1 aliphatic rings. The third kappa shape index (κ3) is 2.81. The zero-order valence-corrected chi connectivity index (χ0v) is 11.4. The van der Waals surface area contributed by atoms with Crippen LogP contribution in [0.4, 0.5) is 0 Å². The molecule has 0 saturated heterocycles. The molecule has 2 N–H and O–H groups in total. The second-order valence-corrected chi connectivity index (χ2v) is 5.48. The quantitative estimate of drug-likeness (QED) is 0.874. The van der Waals surface area contributed by atoms with Crippen LogP contribution in [0.5, 0.6) is 0 Å².